The maximum Gasteiger partial charge on any atom is 0.326 e. The Kier molecular flexibility index (Phi) is 6.16. The Morgan fingerprint density at radius 1 is 0.917 bits per heavy atom. The maximum absolute atomic E-state index is 13.4. The SMILES string of the molecule is COc1ccc(N2C(=O)NC(c3cccc(OC)c3)C(c3nc(-c4ccc(C)cc4)no3)=C2C)cc1. The summed E-state index contributed by atoms with van der Waals surface area (Å²) in [6, 6.07) is 22.0. The van der Waals surface area contributed by atoms with Gasteiger partial charge in [0.15, 0.2) is 0 Å². The van der Waals surface area contributed by atoms with Crippen LogP contribution in [-0.4, -0.2) is 30.4 Å². The molecule has 8 nitrogen and oxygen atoms in total. The summed E-state index contributed by atoms with van der Waals surface area (Å²) < 4.78 is 16.5. The summed E-state index contributed by atoms with van der Waals surface area (Å²) in [6.07, 6.45) is 0. The fourth-order valence-electron chi connectivity index (χ4n) is 4.29. The van der Waals surface area contributed by atoms with Crippen LogP contribution < -0.4 is 19.7 Å². The molecule has 1 aliphatic heterocycles. The molecule has 5 rings (SSSR count). The van der Waals surface area contributed by atoms with Crippen molar-refractivity contribution in [3.63, 3.8) is 0 Å². The highest BCUT2D eigenvalue weighted by atomic mass is 16.5. The summed E-state index contributed by atoms with van der Waals surface area (Å²) >= 11 is 0. The first kappa shape index (κ1) is 23.2. The van der Waals surface area contributed by atoms with Gasteiger partial charge < -0.3 is 19.3 Å². The number of amides is 2. The standard InChI is InChI=1S/C28H26N4O4/c1-17-8-10-19(11-9-17)26-30-27(36-31-26)24-18(2)32(21-12-14-22(34-3)15-13-21)28(33)29-25(24)20-6-5-7-23(16-20)35-4/h5-16,25H,1-4H3,(H,29,33). The number of aryl methyl sites for hydroxylation is 1. The van der Waals surface area contributed by atoms with Gasteiger partial charge in [0.1, 0.15) is 11.5 Å². The van der Waals surface area contributed by atoms with Crippen LogP contribution in [0.4, 0.5) is 10.5 Å². The predicted octanol–water partition coefficient (Wildman–Crippen LogP) is 5.76. The van der Waals surface area contributed by atoms with Crippen LogP contribution in [0.2, 0.25) is 0 Å². The lowest BCUT2D eigenvalue weighted by molar-refractivity contribution is 0.244. The molecule has 0 spiro atoms. The quantitative estimate of drug-likeness (QED) is 0.376. The lowest BCUT2D eigenvalue weighted by Crippen LogP contribution is -2.46. The van der Waals surface area contributed by atoms with Gasteiger partial charge in [-0.2, -0.15) is 4.98 Å². The zero-order valence-electron chi connectivity index (χ0n) is 20.5. The van der Waals surface area contributed by atoms with E-state index in [9.17, 15) is 4.79 Å². The van der Waals surface area contributed by atoms with Crippen molar-refractivity contribution in [2.75, 3.05) is 19.1 Å². The predicted molar refractivity (Wildman–Crippen MR) is 137 cm³/mol. The average Bonchev–Trinajstić information content (AvgIpc) is 3.39. The van der Waals surface area contributed by atoms with E-state index in [1.54, 1.807) is 19.1 Å². The van der Waals surface area contributed by atoms with Gasteiger partial charge in [-0.1, -0.05) is 47.1 Å². The van der Waals surface area contributed by atoms with E-state index in [0.717, 1.165) is 16.7 Å². The largest absolute Gasteiger partial charge is 0.497 e. The maximum atomic E-state index is 13.4. The van der Waals surface area contributed by atoms with Gasteiger partial charge in [0, 0.05) is 11.3 Å². The lowest BCUT2D eigenvalue weighted by atomic mass is 9.94. The molecule has 2 amide bonds. The van der Waals surface area contributed by atoms with Crippen molar-refractivity contribution in [2.24, 2.45) is 0 Å². The van der Waals surface area contributed by atoms with Gasteiger partial charge >= 0.3 is 6.03 Å². The van der Waals surface area contributed by atoms with E-state index in [0.29, 0.717) is 40.2 Å². The molecule has 182 valence electrons. The topological polar surface area (TPSA) is 89.7 Å². The van der Waals surface area contributed by atoms with E-state index in [1.807, 2.05) is 86.6 Å². The van der Waals surface area contributed by atoms with Crippen LogP contribution in [0, 0.1) is 6.92 Å². The molecule has 4 aromatic rings. The molecular weight excluding hydrogens is 456 g/mol. The minimum absolute atomic E-state index is 0.271. The highest BCUT2D eigenvalue weighted by Gasteiger charge is 2.36. The molecule has 1 atom stereocenters. The van der Waals surface area contributed by atoms with Crippen LogP contribution in [0.1, 0.15) is 30.0 Å². The number of carbonyl (C=O) groups excluding carboxylic acids is 1. The van der Waals surface area contributed by atoms with Crippen LogP contribution in [-0.2, 0) is 0 Å². The van der Waals surface area contributed by atoms with Gasteiger partial charge in [-0.25, -0.2) is 4.79 Å². The highest BCUT2D eigenvalue weighted by Crippen LogP contribution is 2.40. The molecule has 36 heavy (non-hydrogen) atoms. The number of aromatic nitrogens is 2. The number of nitrogens with zero attached hydrogens (tertiary/aromatic N) is 3. The molecule has 0 saturated carbocycles. The number of ether oxygens (including phenoxy) is 2. The molecule has 1 unspecified atom stereocenters. The molecule has 8 heteroatoms. The number of hydrogen-bond donors (Lipinski definition) is 1. The minimum atomic E-state index is -0.520. The van der Waals surface area contributed by atoms with Crippen LogP contribution in [0.25, 0.3) is 17.0 Å². The Labute approximate surface area is 209 Å². The lowest BCUT2D eigenvalue weighted by Gasteiger charge is -2.35. The van der Waals surface area contributed by atoms with E-state index in [4.69, 9.17) is 19.0 Å². The third-order valence-corrected chi connectivity index (χ3v) is 6.21. The Balaban J connectivity index is 1.64. The van der Waals surface area contributed by atoms with Crippen molar-refractivity contribution in [3.8, 4) is 22.9 Å². The van der Waals surface area contributed by atoms with Gasteiger partial charge in [-0.3, -0.25) is 4.90 Å². The van der Waals surface area contributed by atoms with E-state index in [-0.39, 0.29) is 6.03 Å². The first-order valence-electron chi connectivity index (χ1n) is 11.5. The second kappa shape index (κ2) is 9.58. The number of methoxy groups -OCH3 is 2. The van der Waals surface area contributed by atoms with E-state index in [1.165, 1.54) is 0 Å². The second-order valence-electron chi connectivity index (χ2n) is 8.48. The zero-order chi connectivity index (χ0) is 25.2. The molecule has 1 N–H and O–H groups in total. The third kappa shape index (κ3) is 4.29. The second-order valence-corrected chi connectivity index (χ2v) is 8.48. The number of anilines is 1. The molecule has 3 aromatic carbocycles. The summed E-state index contributed by atoms with van der Waals surface area (Å²) in [5.41, 5.74) is 4.88. The summed E-state index contributed by atoms with van der Waals surface area (Å²) in [5, 5.41) is 7.35. The number of allylic oxidation sites excluding steroid dienone is 1. The molecular formula is C28H26N4O4. The first-order chi connectivity index (χ1) is 17.5. The zero-order valence-corrected chi connectivity index (χ0v) is 20.5. The Morgan fingerprint density at radius 3 is 2.33 bits per heavy atom. The number of urea groups is 1. The van der Waals surface area contributed by atoms with Crippen LogP contribution >= 0.6 is 0 Å². The smallest absolute Gasteiger partial charge is 0.326 e. The molecule has 0 radical (unpaired) electrons. The number of hydrogen-bond acceptors (Lipinski definition) is 6. The molecule has 0 fully saturated rings. The summed E-state index contributed by atoms with van der Waals surface area (Å²) in [5.74, 6) is 2.19. The fraction of sp³-hybridized carbons (Fsp3) is 0.179. The molecule has 1 aliphatic rings. The Morgan fingerprint density at radius 2 is 1.64 bits per heavy atom. The van der Waals surface area contributed by atoms with Crippen molar-refractivity contribution < 1.29 is 18.8 Å². The number of carbonyl (C=O) groups is 1. The van der Waals surface area contributed by atoms with Crippen molar-refractivity contribution >= 4 is 17.3 Å². The number of rotatable bonds is 6. The monoisotopic (exact) mass is 482 g/mol. The van der Waals surface area contributed by atoms with Gasteiger partial charge in [0.05, 0.1) is 31.5 Å². The van der Waals surface area contributed by atoms with E-state index in [2.05, 4.69) is 10.5 Å². The van der Waals surface area contributed by atoms with Crippen molar-refractivity contribution in [3.05, 3.63) is 95.5 Å². The van der Waals surface area contributed by atoms with Gasteiger partial charge in [-0.05, 0) is 55.8 Å². The molecule has 0 aliphatic carbocycles. The van der Waals surface area contributed by atoms with Gasteiger partial charge in [0.25, 0.3) is 5.89 Å². The van der Waals surface area contributed by atoms with E-state index >= 15 is 0 Å². The summed E-state index contributed by atoms with van der Waals surface area (Å²) in [4.78, 5) is 19.7. The van der Waals surface area contributed by atoms with Gasteiger partial charge in [0.2, 0.25) is 5.82 Å². The van der Waals surface area contributed by atoms with E-state index < -0.39 is 6.04 Å². The van der Waals surface area contributed by atoms with Crippen molar-refractivity contribution in [1.82, 2.24) is 15.5 Å². The fourth-order valence-corrected chi connectivity index (χ4v) is 4.29. The molecule has 1 aromatic heterocycles. The molecule has 0 saturated heterocycles. The summed E-state index contributed by atoms with van der Waals surface area (Å²) in [7, 11) is 3.21. The molecule has 0 bridgehead atoms. The van der Waals surface area contributed by atoms with Crippen LogP contribution in [0.5, 0.6) is 11.5 Å². The molecule has 2 heterocycles. The Bertz CT molecular complexity index is 1420. The average molecular weight is 483 g/mol. The normalized spacial score (nSPS) is 15.6. The van der Waals surface area contributed by atoms with Crippen LogP contribution in [0.3, 0.4) is 0 Å². The first-order valence-corrected chi connectivity index (χ1v) is 11.5. The minimum Gasteiger partial charge on any atom is -0.497 e. The summed E-state index contributed by atoms with van der Waals surface area (Å²) in [6.45, 7) is 3.90. The number of nitrogens with one attached hydrogen (secondary N) is 1. The van der Waals surface area contributed by atoms with Gasteiger partial charge in [-0.15, -0.1) is 0 Å². The van der Waals surface area contributed by atoms with Crippen molar-refractivity contribution in [1.29, 1.82) is 0 Å². The highest BCUT2D eigenvalue weighted by molar-refractivity contribution is 6.01. The number of benzene rings is 3. The third-order valence-electron chi connectivity index (χ3n) is 6.21. The van der Waals surface area contributed by atoms with Crippen LogP contribution in [0.15, 0.2) is 83.0 Å². The Hall–Kier alpha value is -4.59. The van der Waals surface area contributed by atoms with Crippen molar-refractivity contribution in [2.45, 2.75) is 19.9 Å².